The van der Waals surface area contributed by atoms with E-state index < -0.39 is 0 Å². The van der Waals surface area contributed by atoms with Crippen molar-refractivity contribution in [1.82, 2.24) is 0 Å². The summed E-state index contributed by atoms with van der Waals surface area (Å²) in [5.41, 5.74) is 1.19. The minimum atomic E-state index is -0.358. The Bertz CT molecular complexity index is 362. The average molecular weight is 236 g/mol. The van der Waals surface area contributed by atoms with Crippen LogP contribution in [0.3, 0.4) is 0 Å². The first-order valence-electron chi connectivity index (χ1n) is 6.95. The van der Waals surface area contributed by atoms with Crippen molar-refractivity contribution in [3.05, 3.63) is 12.2 Å². The van der Waals surface area contributed by atoms with E-state index in [0.29, 0.717) is 17.8 Å². The molecule has 17 heavy (non-hydrogen) atoms. The molecule has 0 heterocycles. The van der Waals surface area contributed by atoms with Gasteiger partial charge < -0.3 is 10.2 Å². The Kier molecular flexibility index (Phi) is 2.32. The normalized spacial score (nSPS) is 56.9. The van der Waals surface area contributed by atoms with Gasteiger partial charge in [0.2, 0.25) is 0 Å². The molecule has 2 N–H and O–H groups in total. The molecule has 3 saturated carbocycles. The lowest BCUT2D eigenvalue weighted by molar-refractivity contribution is -0.0497. The molecule has 2 heteroatoms. The van der Waals surface area contributed by atoms with Crippen LogP contribution in [0.5, 0.6) is 0 Å². The van der Waals surface area contributed by atoms with Crippen molar-refractivity contribution in [2.75, 3.05) is 0 Å². The first kappa shape index (κ1) is 11.7. The molecular weight excluding hydrogens is 212 g/mol. The molecule has 0 saturated heterocycles. The Morgan fingerprint density at radius 2 is 1.94 bits per heavy atom. The monoisotopic (exact) mass is 236 g/mol. The van der Waals surface area contributed by atoms with Crippen LogP contribution < -0.4 is 0 Å². The molecule has 0 aliphatic heterocycles. The van der Waals surface area contributed by atoms with Crippen molar-refractivity contribution in [3.63, 3.8) is 0 Å². The van der Waals surface area contributed by atoms with Gasteiger partial charge in [-0.25, -0.2) is 0 Å². The zero-order valence-corrected chi connectivity index (χ0v) is 11.1. The van der Waals surface area contributed by atoms with Gasteiger partial charge in [0.05, 0.1) is 12.2 Å². The van der Waals surface area contributed by atoms with E-state index in [-0.39, 0.29) is 29.5 Å². The molecule has 0 aromatic rings. The maximum Gasteiger partial charge on any atom is 0.0670 e. The van der Waals surface area contributed by atoms with Gasteiger partial charge in [-0.1, -0.05) is 32.9 Å². The topological polar surface area (TPSA) is 40.5 Å². The third-order valence-corrected chi connectivity index (χ3v) is 6.13. The maximum absolute atomic E-state index is 10.5. The van der Waals surface area contributed by atoms with E-state index in [1.807, 2.05) is 0 Å². The van der Waals surface area contributed by atoms with Crippen molar-refractivity contribution in [2.45, 2.75) is 45.8 Å². The van der Waals surface area contributed by atoms with Gasteiger partial charge >= 0.3 is 0 Å². The molecule has 3 rings (SSSR count). The molecule has 7 atom stereocenters. The summed E-state index contributed by atoms with van der Waals surface area (Å²) in [7, 11) is 0. The fourth-order valence-electron chi connectivity index (χ4n) is 5.20. The molecule has 0 aromatic heterocycles. The zero-order chi connectivity index (χ0) is 12.5. The summed E-state index contributed by atoms with van der Waals surface area (Å²) in [6, 6.07) is 0. The number of hydrogen-bond donors (Lipinski definition) is 2. The smallest absolute Gasteiger partial charge is 0.0670 e. The Morgan fingerprint density at radius 3 is 2.47 bits per heavy atom. The fraction of sp³-hybridized carbons (Fsp3) is 0.867. The van der Waals surface area contributed by atoms with Crippen molar-refractivity contribution in [2.24, 2.45) is 35.0 Å². The van der Waals surface area contributed by atoms with Gasteiger partial charge in [-0.3, -0.25) is 0 Å². The molecular formula is C15H24O2. The first-order valence-corrected chi connectivity index (χ1v) is 6.95. The molecule has 3 aliphatic carbocycles. The highest BCUT2D eigenvalue weighted by molar-refractivity contribution is 5.33. The summed E-state index contributed by atoms with van der Waals surface area (Å²) < 4.78 is 0. The summed E-state index contributed by atoms with van der Waals surface area (Å²) in [4.78, 5) is 0. The molecule has 3 fully saturated rings. The van der Waals surface area contributed by atoms with Crippen molar-refractivity contribution in [1.29, 1.82) is 0 Å². The van der Waals surface area contributed by atoms with Crippen LogP contribution in [-0.4, -0.2) is 22.4 Å². The fourth-order valence-corrected chi connectivity index (χ4v) is 5.20. The second-order valence-electron chi connectivity index (χ2n) is 7.00. The van der Waals surface area contributed by atoms with Gasteiger partial charge in [0, 0.05) is 11.8 Å². The van der Waals surface area contributed by atoms with E-state index in [4.69, 9.17) is 0 Å². The van der Waals surface area contributed by atoms with E-state index in [1.165, 1.54) is 6.42 Å². The van der Waals surface area contributed by atoms with Crippen molar-refractivity contribution in [3.8, 4) is 0 Å². The van der Waals surface area contributed by atoms with Crippen LogP contribution in [-0.2, 0) is 0 Å². The molecule has 0 unspecified atom stereocenters. The predicted molar refractivity (Wildman–Crippen MR) is 67.3 cm³/mol. The van der Waals surface area contributed by atoms with E-state index >= 15 is 0 Å². The van der Waals surface area contributed by atoms with Gasteiger partial charge in [-0.05, 0) is 36.0 Å². The average Bonchev–Trinajstić information content (AvgIpc) is 2.61. The van der Waals surface area contributed by atoms with E-state index in [1.54, 1.807) is 0 Å². The van der Waals surface area contributed by atoms with E-state index in [0.717, 1.165) is 12.0 Å². The number of aliphatic hydroxyl groups excluding tert-OH is 2. The number of fused-ring (bicyclic) bond motifs is 1. The molecule has 2 bridgehead atoms. The molecule has 0 spiro atoms. The Labute approximate surface area is 104 Å². The Morgan fingerprint density at radius 1 is 1.29 bits per heavy atom. The van der Waals surface area contributed by atoms with Crippen LogP contribution in [0.1, 0.15) is 33.6 Å². The lowest BCUT2D eigenvalue weighted by Crippen LogP contribution is -2.48. The second kappa shape index (κ2) is 3.36. The Hall–Kier alpha value is -0.340. The molecule has 0 amide bonds. The van der Waals surface area contributed by atoms with Gasteiger partial charge in [0.15, 0.2) is 0 Å². The van der Waals surface area contributed by atoms with Gasteiger partial charge in [-0.15, -0.1) is 0 Å². The highest BCUT2D eigenvalue weighted by atomic mass is 16.3. The summed E-state index contributed by atoms with van der Waals surface area (Å²) >= 11 is 0. The number of hydrogen-bond acceptors (Lipinski definition) is 2. The molecule has 0 radical (unpaired) electrons. The minimum absolute atomic E-state index is 0.0588. The zero-order valence-electron chi connectivity index (χ0n) is 11.1. The largest absolute Gasteiger partial charge is 0.392 e. The highest BCUT2D eigenvalue weighted by Gasteiger charge is 2.68. The van der Waals surface area contributed by atoms with Crippen LogP contribution in [0, 0.1) is 35.0 Å². The van der Waals surface area contributed by atoms with Gasteiger partial charge in [0.25, 0.3) is 0 Å². The molecule has 0 aromatic carbocycles. The van der Waals surface area contributed by atoms with Crippen LogP contribution >= 0.6 is 0 Å². The van der Waals surface area contributed by atoms with Gasteiger partial charge in [0.1, 0.15) is 0 Å². The molecule has 3 aliphatic rings. The third-order valence-electron chi connectivity index (χ3n) is 6.13. The number of aliphatic hydroxyl groups is 2. The second-order valence-corrected chi connectivity index (χ2v) is 7.00. The van der Waals surface area contributed by atoms with Crippen molar-refractivity contribution < 1.29 is 10.2 Å². The third kappa shape index (κ3) is 1.18. The van der Waals surface area contributed by atoms with Crippen LogP contribution in [0.4, 0.5) is 0 Å². The lowest BCUT2D eigenvalue weighted by atomic mass is 9.54. The maximum atomic E-state index is 10.5. The summed E-state index contributed by atoms with van der Waals surface area (Å²) in [6.45, 7) is 10.9. The SMILES string of the molecule is C=C1[C@@H]2[C@@H](O)[C@@H]3[C@H]([C@@H]2O)[C@@]1(C)CC[C@@H]3C(C)C. The van der Waals surface area contributed by atoms with E-state index in [9.17, 15) is 10.2 Å². The summed E-state index contributed by atoms with van der Waals surface area (Å²) in [5.74, 6) is 1.64. The minimum Gasteiger partial charge on any atom is -0.392 e. The quantitative estimate of drug-likeness (QED) is 0.685. The highest BCUT2D eigenvalue weighted by Crippen LogP contribution is 2.68. The standard InChI is InChI=1S/C15H24O2/c1-7(2)9-5-6-15(4)8(3)10-13(16)11(9)12(15)14(10)17/h7,9-14,16-17H,3,5-6H2,1-2,4H3/t9-,10-,11+,12-,13-,14-,15+/m1/s1. The number of rotatable bonds is 1. The van der Waals surface area contributed by atoms with Gasteiger partial charge in [-0.2, -0.15) is 0 Å². The first-order chi connectivity index (χ1) is 7.89. The summed E-state index contributed by atoms with van der Waals surface area (Å²) in [5, 5.41) is 20.9. The lowest BCUT2D eigenvalue weighted by Gasteiger charge is -2.51. The van der Waals surface area contributed by atoms with E-state index in [2.05, 4.69) is 27.4 Å². The van der Waals surface area contributed by atoms with Crippen molar-refractivity contribution >= 4 is 0 Å². The van der Waals surface area contributed by atoms with Crippen LogP contribution in [0.25, 0.3) is 0 Å². The predicted octanol–water partition coefficient (Wildman–Crippen LogP) is 2.21. The Balaban J connectivity index is 2.04. The van der Waals surface area contributed by atoms with Crippen LogP contribution in [0.2, 0.25) is 0 Å². The molecule has 96 valence electrons. The summed E-state index contributed by atoms with van der Waals surface area (Å²) in [6.07, 6.45) is 1.60. The molecule has 2 nitrogen and oxygen atoms in total. The van der Waals surface area contributed by atoms with Crippen LogP contribution in [0.15, 0.2) is 12.2 Å².